The second kappa shape index (κ2) is 5.83. The Kier molecular flexibility index (Phi) is 4.42. The molecule has 1 N–H and O–H groups in total. The van der Waals surface area contributed by atoms with E-state index in [1.807, 2.05) is 0 Å². The van der Waals surface area contributed by atoms with Gasteiger partial charge in [-0.1, -0.05) is 6.42 Å². The quantitative estimate of drug-likeness (QED) is 0.694. The minimum absolute atomic E-state index is 0.783. The highest BCUT2D eigenvalue weighted by Gasteiger charge is 2.34. The van der Waals surface area contributed by atoms with Crippen LogP contribution in [0.5, 0.6) is 0 Å². The van der Waals surface area contributed by atoms with Gasteiger partial charge in [-0.15, -0.1) is 0 Å². The standard InChI is InChI=1S/C12H24N2O/c1-2-15-10-4-8-14-9-7-13-11-5-3-6-12(11)14/h11-13H,2-10H2,1H3/t11-,12-/m1/s1. The molecule has 1 saturated heterocycles. The lowest BCUT2D eigenvalue weighted by Crippen LogP contribution is -2.55. The van der Waals surface area contributed by atoms with Crippen LogP contribution >= 0.6 is 0 Å². The zero-order chi connectivity index (χ0) is 10.5. The number of fused-ring (bicyclic) bond motifs is 1. The molecule has 0 unspecified atom stereocenters. The molecule has 1 saturated carbocycles. The lowest BCUT2D eigenvalue weighted by Gasteiger charge is -2.38. The van der Waals surface area contributed by atoms with Crippen LogP contribution in [-0.2, 0) is 4.74 Å². The second-order valence-electron chi connectivity index (χ2n) is 4.65. The Morgan fingerprint density at radius 3 is 3.20 bits per heavy atom. The minimum atomic E-state index is 0.783. The summed E-state index contributed by atoms with van der Waals surface area (Å²) in [6, 6.07) is 1.60. The Bertz CT molecular complexity index is 186. The predicted octanol–water partition coefficient (Wildman–Crippen LogP) is 1.24. The van der Waals surface area contributed by atoms with E-state index in [0.29, 0.717) is 0 Å². The molecule has 3 nitrogen and oxygen atoms in total. The Labute approximate surface area is 93.2 Å². The maximum absolute atomic E-state index is 5.39. The summed E-state index contributed by atoms with van der Waals surface area (Å²) in [7, 11) is 0. The fourth-order valence-electron chi connectivity index (χ4n) is 2.97. The summed E-state index contributed by atoms with van der Waals surface area (Å²) in [6.45, 7) is 7.48. The van der Waals surface area contributed by atoms with Crippen molar-refractivity contribution in [2.45, 2.75) is 44.7 Å². The number of piperazine rings is 1. The summed E-state index contributed by atoms with van der Waals surface area (Å²) in [6.07, 6.45) is 5.38. The van der Waals surface area contributed by atoms with Crippen molar-refractivity contribution >= 4 is 0 Å². The van der Waals surface area contributed by atoms with Crippen LogP contribution in [0, 0.1) is 0 Å². The van der Waals surface area contributed by atoms with Crippen LogP contribution in [0.15, 0.2) is 0 Å². The van der Waals surface area contributed by atoms with Gasteiger partial charge in [0.15, 0.2) is 0 Å². The summed E-state index contributed by atoms with van der Waals surface area (Å²) in [5, 5.41) is 3.64. The van der Waals surface area contributed by atoms with E-state index in [2.05, 4.69) is 17.1 Å². The highest BCUT2D eigenvalue weighted by molar-refractivity contribution is 4.93. The average Bonchev–Trinajstić information content (AvgIpc) is 2.73. The molecule has 2 atom stereocenters. The molecule has 15 heavy (non-hydrogen) atoms. The molecule has 0 aromatic rings. The number of hydrogen-bond acceptors (Lipinski definition) is 3. The van der Waals surface area contributed by atoms with Crippen molar-refractivity contribution in [2.75, 3.05) is 32.8 Å². The van der Waals surface area contributed by atoms with Crippen molar-refractivity contribution < 1.29 is 4.74 Å². The van der Waals surface area contributed by atoms with Gasteiger partial charge >= 0.3 is 0 Å². The van der Waals surface area contributed by atoms with Crippen molar-refractivity contribution in [3.63, 3.8) is 0 Å². The van der Waals surface area contributed by atoms with E-state index in [1.54, 1.807) is 0 Å². The number of ether oxygens (including phenoxy) is 1. The second-order valence-corrected chi connectivity index (χ2v) is 4.65. The van der Waals surface area contributed by atoms with Gasteiger partial charge in [0.05, 0.1) is 0 Å². The van der Waals surface area contributed by atoms with E-state index in [-0.39, 0.29) is 0 Å². The van der Waals surface area contributed by atoms with Crippen LogP contribution in [0.25, 0.3) is 0 Å². The molecule has 1 aliphatic heterocycles. The molecule has 2 fully saturated rings. The average molecular weight is 212 g/mol. The van der Waals surface area contributed by atoms with Crippen LogP contribution in [0.3, 0.4) is 0 Å². The third-order valence-corrected chi connectivity index (χ3v) is 3.69. The summed E-state index contributed by atoms with van der Waals surface area (Å²) in [5.41, 5.74) is 0. The zero-order valence-corrected chi connectivity index (χ0v) is 9.87. The molecule has 1 heterocycles. The van der Waals surface area contributed by atoms with Gasteiger partial charge in [-0.2, -0.15) is 0 Å². The van der Waals surface area contributed by atoms with Gasteiger partial charge in [0.2, 0.25) is 0 Å². The first-order chi connectivity index (χ1) is 7.42. The first kappa shape index (κ1) is 11.4. The zero-order valence-electron chi connectivity index (χ0n) is 9.87. The molecule has 0 aromatic carbocycles. The third-order valence-electron chi connectivity index (χ3n) is 3.69. The minimum Gasteiger partial charge on any atom is -0.382 e. The molecule has 0 amide bonds. The number of nitrogens with zero attached hydrogens (tertiary/aromatic N) is 1. The van der Waals surface area contributed by atoms with Gasteiger partial charge < -0.3 is 10.1 Å². The Morgan fingerprint density at radius 1 is 1.40 bits per heavy atom. The topological polar surface area (TPSA) is 24.5 Å². The summed E-state index contributed by atoms with van der Waals surface area (Å²) in [5.74, 6) is 0. The molecule has 2 rings (SSSR count). The van der Waals surface area contributed by atoms with E-state index < -0.39 is 0 Å². The highest BCUT2D eigenvalue weighted by atomic mass is 16.5. The van der Waals surface area contributed by atoms with E-state index in [1.165, 1.54) is 45.3 Å². The monoisotopic (exact) mass is 212 g/mol. The summed E-state index contributed by atoms with van der Waals surface area (Å²) in [4.78, 5) is 2.67. The van der Waals surface area contributed by atoms with Crippen LogP contribution in [-0.4, -0.2) is 49.8 Å². The molecular weight excluding hydrogens is 188 g/mol. The number of rotatable bonds is 5. The van der Waals surface area contributed by atoms with Crippen molar-refractivity contribution in [2.24, 2.45) is 0 Å². The molecule has 0 radical (unpaired) electrons. The van der Waals surface area contributed by atoms with Gasteiger partial charge in [-0.3, -0.25) is 4.90 Å². The smallest absolute Gasteiger partial charge is 0.0478 e. The van der Waals surface area contributed by atoms with Crippen LogP contribution in [0.1, 0.15) is 32.6 Å². The molecular formula is C12H24N2O. The van der Waals surface area contributed by atoms with Crippen molar-refractivity contribution in [3.05, 3.63) is 0 Å². The third kappa shape index (κ3) is 2.92. The lowest BCUT2D eigenvalue weighted by molar-refractivity contribution is 0.101. The van der Waals surface area contributed by atoms with Gasteiger partial charge in [0.25, 0.3) is 0 Å². The number of nitrogens with one attached hydrogen (secondary N) is 1. The summed E-state index contributed by atoms with van der Waals surface area (Å²) < 4.78 is 5.39. The predicted molar refractivity (Wildman–Crippen MR) is 62.1 cm³/mol. The van der Waals surface area contributed by atoms with Crippen molar-refractivity contribution in [1.82, 2.24) is 10.2 Å². The molecule has 0 aromatic heterocycles. The van der Waals surface area contributed by atoms with Gasteiger partial charge in [0, 0.05) is 44.9 Å². The largest absolute Gasteiger partial charge is 0.382 e. The lowest BCUT2D eigenvalue weighted by atomic mass is 10.1. The first-order valence-corrected chi connectivity index (χ1v) is 6.47. The maximum Gasteiger partial charge on any atom is 0.0478 e. The molecule has 88 valence electrons. The number of hydrogen-bond donors (Lipinski definition) is 1. The normalized spacial score (nSPS) is 31.8. The molecule has 1 aliphatic carbocycles. The van der Waals surface area contributed by atoms with Crippen LogP contribution in [0.4, 0.5) is 0 Å². The van der Waals surface area contributed by atoms with Gasteiger partial charge in [0.1, 0.15) is 0 Å². The van der Waals surface area contributed by atoms with Crippen LogP contribution in [0.2, 0.25) is 0 Å². The first-order valence-electron chi connectivity index (χ1n) is 6.47. The molecule has 3 heteroatoms. The SMILES string of the molecule is CCOCCCN1CCN[C@@H]2CCC[C@H]21. The van der Waals surface area contributed by atoms with Crippen molar-refractivity contribution in [1.29, 1.82) is 0 Å². The van der Waals surface area contributed by atoms with Gasteiger partial charge in [-0.25, -0.2) is 0 Å². The van der Waals surface area contributed by atoms with E-state index in [9.17, 15) is 0 Å². The molecule has 2 aliphatic rings. The molecule has 0 bridgehead atoms. The Balaban J connectivity index is 1.71. The van der Waals surface area contributed by atoms with Crippen LogP contribution < -0.4 is 5.32 Å². The maximum atomic E-state index is 5.39. The van der Waals surface area contributed by atoms with Crippen molar-refractivity contribution in [3.8, 4) is 0 Å². The van der Waals surface area contributed by atoms with E-state index in [0.717, 1.165) is 25.3 Å². The van der Waals surface area contributed by atoms with E-state index >= 15 is 0 Å². The Hall–Kier alpha value is -0.120. The molecule has 0 spiro atoms. The summed E-state index contributed by atoms with van der Waals surface area (Å²) >= 11 is 0. The van der Waals surface area contributed by atoms with Gasteiger partial charge in [-0.05, 0) is 26.2 Å². The van der Waals surface area contributed by atoms with E-state index in [4.69, 9.17) is 4.74 Å². The fraction of sp³-hybridized carbons (Fsp3) is 1.00. The highest BCUT2D eigenvalue weighted by Crippen LogP contribution is 2.26. The fourth-order valence-corrected chi connectivity index (χ4v) is 2.97. The Morgan fingerprint density at radius 2 is 2.33 bits per heavy atom.